The van der Waals surface area contributed by atoms with E-state index >= 15 is 0 Å². The molecule has 1 aromatic rings. The summed E-state index contributed by atoms with van der Waals surface area (Å²) in [6.07, 6.45) is 8.35. The Morgan fingerprint density at radius 3 is 2.68 bits per heavy atom. The van der Waals surface area contributed by atoms with Crippen molar-refractivity contribution in [1.82, 2.24) is 19.7 Å². The highest BCUT2D eigenvalue weighted by molar-refractivity contribution is 6.31. The first-order valence-corrected chi connectivity index (χ1v) is 9.62. The van der Waals surface area contributed by atoms with Crippen molar-refractivity contribution in [3.8, 4) is 5.75 Å². The predicted octanol–water partition coefficient (Wildman–Crippen LogP) is 2.48. The van der Waals surface area contributed by atoms with E-state index in [0.717, 1.165) is 38.6 Å². The average Bonchev–Trinajstić information content (AvgIpc) is 2.76. The van der Waals surface area contributed by atoms with Crippen molar-refractivity contribution in [1.29, 1.82) is 0 Å². The van der Waals surface area contributed by atoms with E-state index in [1.165, 1.54) is 19.3 Å². The molecule has 0 spiro atoms. The molecule has 3 aliphatic rings. The number of nitrogens with zero attached hydrogens (tertiary/aromatic N) is 4. The Hall–Kier alpha value is -1.53. The molecule has 3 fully saturated rings. The summed E-state index contributed by atoms with van der Waals surface area (Å²) in [6.45, 7) is 5.07. The van der Waals surface area contributed by atoms with Gasteiger partial charge in [0.1, 0.15) is 6.10 Å². The lowest BCUT2D eigenvalue weighted by Gasteiger charge is -2.41. The van der Waals surface area contributed by atoms with Gasteiger partial charge in [0.25, 0.3) is 0 Å². The van der Waals surface area contributed by atoms with E-state index in [1.807, 2.05) is 9.80 Å². The van der Waals surface area contributed by atoms with Crippen LogP contribution >= 0.6 is 11.6 Å². The average molecular weight is 365 g/mol. The van der Waals surface area contributed by atoms with Crippen LogP contribution in [0.25, 0.3) is 0 Å². The molecular formula is C18H25ClN4O2. The van der Waals surface area contributed by atoms with Crippen LogP contribution in [0.4, 0.5) is 4.79 Å². The fourth-order valence-corrected chi connectivity index (χ4v) is 3.89. The van der Waals surface area contributed by atoms with Gasteiger partial charge in [-0.05, 0) is 25.3 Å². The molecule has 2 amide bonds. The van der Waals surface area contributed by atoms with Crippen LogP contribution in [0.15, 0.2) is 18.5 Å². The highest BCUT2D eigenvalue weighted by atomic mass is 35.5. The summed E-state index contributed by atoms with van der Waals surface area (Å²) >= 11 is 6.09. The number of halogens is 1. The third-order valence-corrected chi connectivity index (χ3v) is 5.85. The van der Waals surface area contributed by atoms with Gasteiger partial charge in [-0.2, -0.15) is 0 Å². The van der Waals surface area contributed by atoms with Gasteiger partial charge in [-0.3, -0.25) is 9.88 Å². The molecule has 136 valence electrons. The normalized spacial score (nSPS) is 22.9. The van der Waals surface area contributed by atoms with E-state index in [2.05, 4.69) is 9.88 Å². The minimum Gasteiger partial charge on any atom is -0.484 e. The first kappa shape index (κ1) is 16.9. The zero-order valence-electron chi connectivity index (χ0n) is 14.4. The van der Waals surface area contributed by atoms with Crippen molar-refractivity contribution >= 4 is 17.6 Å². The molecule has 2 saturated heterocycles. The van der Waals surface area contributed by atoms with E-state index in [1.54, 1.807) is 18.5 Å². The van der Waals surface area contributed by atoms with Gasteiger partial charge in [0.15, 0.2) is 5.75 Å². The third-order valence-electron chi connectivity index (χ3n) is 5.54. The summed E-state index contributed by atoms with van der Waals surface area (Å²) in [5.41, 5.74) is 0. The number of ether oxygens (including phenoxy) is 1. The first-order valence-electron chi connectivity index (χ1n) is 9.25. The van der Waals surface area contributed by atoms with Crippen LogP contribution in [0, 0.1) is 0 Å². The SMILES string of the molecule is O=C(N1CCCN(C2CCC2)CC1)N1CC(Oc2cnccc2Cl)C1. The molecule has 7 heteroatoms. The quantitative estimate of drug-likeness (QED) is 0.826. The Morgan fingerprint density at radius 1 is 1.12 bits per heavy atom. The van der Waals surface area contributed by atoms with Gasteiger partial charge in [0.2, 0.25) is 0 Å². The van der Waals surface area contributed by atoms with Crippen molar-refractivity contribution in [2.45, 2.75) is 37.8 Å². The van der Waals surface area contributed by atoms with Crippen LogP contribution < -0.4 is 4.74 Å². The first-order chi connectivity index (χ1) is 12.2. The Balaban J connectivity index is 1.25. The number of aromatic nitrogens is 1. The highest BCUT2D eigenvalue weighted by Gasteiger charge is 2.36. The minimum atomic E-state index is 0.00380. The summed E-state index contributed by atoms with van der Waals surface area (Å²) in [5.74, 6) is 0.590. The lowest BCUT2D eigenvalue weighted by molar-refractivity contribution is 0.0307. The molecule has 0 bridgehead atoms. The summed E-state index contributed by atoms with van der Waals surface area (Å²) in [7, 11) is 0. The summed E-state index contributed by atoms with van der Waals surface area (Å²) in [5, 5.41) is 0.559. The lowest BCUT2D eigenvalue weighted by atomic mass is 9.91. The number of pyridine rings is 1. The monoisotopic (exact) mass is 364 g/mol. The second-order valence-electron chi connectivity index (χ2n) is 7.19. The van der Waals surface area contributed by atoms with E-state index in [0.29, 0.717) is 23.9 Å². The molecule has 0 N–H and O–H groups in total. The largest absolute Gasteiger partial charge is 0.484 e. The zero-order valence-corrected chi connectivity index (χ0v) is 15.2. The van der Waals surface area contributed by atoms with Crippen LogP contribution in [-0.2, 0) is 0 Å². The molecule has 3 heterocycles. The number of carbonyl (C=O) groups is 1. The van der Waals surface area contributed by atoms with Gasteiger partial charge in [-0.25, -0.2) is 4.79 Å². The van der Waals surface area contributed by atoms with Crippen LogP contribution in [-0.4, -0.2) is 77.1 Å². The van der Waals surface area contributed by atoms with E-state index in [4.69, 9.17) is 16.3 Å². The fraction of sp³-hybridized carbons (Fsp3) is 0.667. The van der Waals surface area contributed by atoms with Gasteiger partial charge in [0, 0.05) is 38.4 Å². The van der Waals surface area contributed by atoms with E-state index < -0.39 is 0 Å². The Kier molecular flexibility index (Phi) is 4.99. The number of amides is 2. The van der Waals surface area contributed by atoms with Crippen molar-refractivity contribution in [3.05, 3.63) is 23.5 Å². The number of likely N-dealkylation sites (tertiary alicyclic amines) is 1. The summed E-state index contributed by atoms with van der Waals surface area (Å²) in [4.78, 5) is 23.2. The van der Waals surface area contributed by atoms with Crippen LogP contribution in [0.2, 0.25) is 5.02 Å². The molecular weight excluding hydrogens is 340 g/mol. The smallest absolute Gasteiger partial charge is 0.320 e. The van der Waals surface area contributed by atoms with Crippen molar-refractivity contribution < 1.29 is 9.53 Å². The molecule has 1 saturated carbocycles. The molecule has 0 unspecified atom stereocenters. The molecule has 25 heavy (non-hydrogen) atoms. The van der Waals surface area contributed by atoms with Gasteiger partial charge < -0.3 is 14.5 Å². The van der Waals surface area contributed by atoms with Gasteiger partial charge >= 0.3 is 6.03 Å². The van der Waals surface area contributed by atoms with Gasteiger partial charge in [-0.1, -0.05) is 18.0 Å². The molecule has 1 aliphatic carbocycles. The molecule has 0 aromatic carbocycles. The molecule has 6 nitrogen and oxygen atoms in total. The van der Waals surface area contributed by atoms with Crippen LogP contribution in [0.5, 0.6) is 5.75 Å². The zero-order chi connectivity index (χ0) is 17.2. The van der Waals surface area contributed by atoms with Crippen LogP contribution in [0.1, 0.15) is 25.7 Å². The van der Waals surface area contributed by atoms with Gasteiger partial charge in [0.05, 0.1) is 24.3 Å². The number of urea groups is 1. The predicted molar refractivity (Wildman–Crippen MR) is 96.0 cm³/mol. The maximum absolute atomic E-state index is 12.7. The van der Waals surface area contributed by atoms with E-state index in [9.17, 15) is 4.79 Å². The van der Waals surface area contributed by atoms with E-state index in [-0.39, 0.29) is 12.1 Å². The molecule has 0 radical (unpaired) electrons. The Morgan fingerprint density at radius 2 is 1.96 bits per heavy atom. The number of carbonyl (C=O) groups excluding carboxylic acids is 1. The number of hydrogen-bond acceptors (Lipinski definition) is 4. The van der Waals surface area contributed by atoms with Crippen molar-refractivity contribution in [2.75, 3.05) is 39.3 Å². The minimum absolute atomic E-state index is 0.00380. The van der Waals surface area contributed by atoms with Crippen molar-refractivity contribution in [2.24, 2.45) is 0 Å². The maximum Gasteiger partial charge on any atom is 0.320 e. The third kappa shape index (κ3) is 3.70. The Bertz CT molecular complexity index is 619. The summed E-state index contributed by atoms with van der Waals surface area (Å²) in [6, 6.07) is 2.62. The lowest BCUT2D eigenvalue weighted by Crippen LogP contribution is -2.60. The second kappa shape index (κ2) is 7.38. The summed E-state index contributed by atoms with van der Waals surface area (Å²) < 4.78 is 5.83. The number of rotatable bonds is 3. The van der Waals surface area contributed by atoms with Crippen molar-refractivity contribution in [3.63, 3.8) is 0 Å². The molecule has 2 aliphatic heterocycles. The van der Waals surface area contributed by atoms with Crippen LogP contribution in [0.3, 0.4) is 0 Å². The second-order valence-corrected chi connectivity index (χ2v) is 7.60. The van der Waals surface area contributed by atoms with Gasteiger partial charge in [-0.15, -0.1) is 0 Å². The fourth-order valence-electron chi connectivity index (χ4n) is 3.74. The highest BCUT2D eigenvalue weighted by Crippen LogP contribution is 2.27. The standard InChI is InChI=1S/C18H25ClN4O2/c19-16-5-6-20-11-17(16)25-15-12-23(13-15)18(24)22-8-2-7-21(9-10-22)14-3-1-4-14/h5-6,11,14-15H,1-4,7-10,12-13H2. The maximum atomic E-state index is 12.7. The molecule has 4 rings (SSSR count). The number of hydrogen-bond donors (Lipinski definition) is 0. The molecule has 0 atom stereocenters. The topological polar surface area (TPSA) is 48.9 Å². The Labute approximate surface area is 153 Å². The molecule has 1 aromatic heterocycles.